The minimum absolute atomic E-state index is 0.0132. The Morgan fingerprint density at radius 2 is 2.22 bits per heavy atom. The highest BCUT2D eigenvalue weighted by molar-refractivity contribution is 9.09. The molecule has 1 aromatic carbocycles. The van der Waals surface area contributed by atoms with Gasteiger partial charge in [-0.15, -0.1) is 0 Å². The molecule has 0 bridgehead atoms. The molecule has 1 N–H and O–H groups in total. The molecule has 7 nitrogen and oxygen atoms in total. The second-order valence-electron chi connectivity index (χ2n) is 6.29. The van der Waals surface area contributed by atoms with Crippen molar-refractivity contribution in [2.24, 2.45) is 5.16 Å². The van der Waals surface area contributed by atoms with Gasteiger partial charge in [0, 0.05) is 17.3 Å². The Balaban J connectivity index is 1.98. The van der Waals surface area contributed by atoms with Gasteiger partial charge in [-0.25, -0.2) is 4.79 Å². The summed E-state index contributed by atoms with van der Waals surface area (Å²) in [5.74, 6) is 0.379. The van der Waals surface area contributed by atoms with E-state index < -0.39 is 5.63 Å². The van der Waals surface area contributed by atoms with E-state index in [4.69, 9.17) is 18.7 Å². The van der Waals surface area contributed by atoms with Gasteiger partial charge < -0.3 is 23.8 Å². The third-order valence-electron chi connectivity index (χ3n) is 4.38. The van der Waals surface area contributed by atoms with Crippen molar-refractivity contribution in [3.63, 3.8) is 0 Å². The van der Waals surface area contributed by atoms with Crippen LogP contribution in [0.15, 0.2) is 26.5 Å². The summed E-state index contributed by atoms with van der Waals surface area (Å²) in [4.78, 5) is 17.5. The smallest absolute Gasteiger partial charge is 0.349 e. The van der Waals surface area contributed by atoms with Crippen LogP contribution in [0.5, 0.6) is 11.5 Å². The number of alkyl halides is 1. The summed E-state index contributed by atoms with van der Waals surface area (Å²) >= 11 is 3.22. The van der Waals surface area contributed by atoms with Gasteiger partial charge in [0.1, 0.15) is 29.3 Å². The first kappa shape index (κ1) is 19.7. The Morgan fingerprint density at radius 3 is 2.93 bits per heavy atom. The van der Waals surface area contributed by atoms with E-state index in [1.165, 1.54) is 0 Å². The largest absolute Gasteiger partial charge is 0.506 e. The van der Waals surface area contributed by atoms with Crippen molar-refractivity contribution in [1.29, 1.82) is 0 Å². The summed E-state index contributed by atoms with van der Waals surface area (Å²) in [6.45, 7) is 4.38. The molecule has 0 saturated carbocycles. The molecular formula is C19H22BrNO6. The number of nitrogens with zero attached hydrogens (tertiary/aromatic N) is 1. The summed E-state index contributed by atoms with van der Waals surface area (Å²) in [6, 6.07) is 3.40. The molecule has 146 valence electrons. The fourth-order valence-corrected chi connectivity index (χ4v) is 3.13. The second-order valence-corrected chi connectivity index (χ2v) is 7.08. The number of hydrogen-bond acceptors (Lipinski definition) is 7. The van der Waals surface area contributed by atoms with E-state index in [1.807, 2.05) is 0 Å². The van der Waals surface area contributed by atoms with E-state index in [9.17, 15) is 9.90 Å². The van der Waals surface area contributed by atoms with Crippen LogP contribution >= 0.6 is 15.9 Å². The maximum absolute atomic E-state index is 12.4. The van der Waals surface area contributed by atoms with Gasteiger partial charge in [0.25, 0.3) is 0 Å². The monoisotopic (exact) mass is 439 g/mol. The van der Waals surface area contributed by atoms with Gasteiger partial charge in [0.2, 0.25) is 0 Å². The van der Waals surface area contributed by atoms with Crippen LogP contribution < -0.4 is 10.4 Å². The van der Waals surface area contributed by atoms with Gasteiger partial charge in [0.05, 0.1) is 17.7 Å². The number of halogens is 1. The minimum Gasteiger partial charge on any atom is -0.506 e. The SMILES string of the molecule is C/C(=N\OCCBr)c1c(O)c2ccc(OC3CCCCO3)c(C)c2oc1=O. The van der Waals surface area contributed by atoms with Gasteiger partial charge in [-0.2, -0.15) is 0 Å². The summed E-state index contributed by atoms with van der Waals surface area (Å²) in [5, 5.41) is 15.5. The third kappa shape index (κ3) is 4.27. The van der Waals surface area contributed by atoms with Crippen LogP contribution in [-0.4, -0.2) is 35.7 Å². The van der Waals surface area contributed by atoms with Crippen molar-refractivity contribution in [2.75, 3.05) is 18.5 Å². The number of hydrogen-bond donors (Lipinski definition) is 1. The van der Waals surface area contributed by atoms with Crippen molar-refractivity contribution in [2.45, 2.75) is 39.4 Å². The average Bonchev–Trinajstić information content (AvgIpc) is 2.65. The van der Waals surface area contributed by atoms with Crippen molar-refractivity contribution in [3.8, 4) is 11.5 Å². The number of fused-ring (bicyclic) bond motifs is 1. The predicted octanol–water partition coefficient (Wildman–Crippen LogP) is 3.85. The fraction of sp³-hybridized carbons (Fsp3) is 0.474. The van der Waals surface area contributed by atoms with Crippen LogP contribution in [-0.2, 0) is 9.57 Å². The number of aryl methyl sites for hydroxylation is 1. The number of benzene rings is 1. The lowest BCUT2D eigenvalue weighted by Gasteiger charge is -2.24. The molecule has 27 heavy (non-hydrogen) atoms. The Labute approximate surface area is 165 Å². The van der Waals surface area contributed by atoms with Crippen LogP contribution in [0.4, 0.5) is 0 Å². The zero-order chi connectivity index (χ0) is 19.4. The Bertz CT molecular complexity index is 901. The van der Waals surface area contributed by atoms with Gasteiger partial charge in [-0.05, 0) is 38.8 Å². The highest BCUT2D eigenvalue weighted by Crippen LogP contribution is 2.34. The van der Waals surface area contributed by atoms with E-state index >= 15 is 0 Å². The fourth-order valence-electron chi connectivity index (χ4n) is 2.98. The van der Waals surface area contributed by atoms with Crippen molar-refractivity contribution < 1.29 is 23.8 Å². The first-order valence-electron chi connectivity index (χ1n) is 8.83. The topological polar surface area (TPSA) is 90.5 Å². The molecule has 0 spiro atoms. The maximum atomic E-state index is 12.4. The Kier molecular flexibility index (Phi) is 6.38. The van der Waals surface area contributed by atoms with Crippen LogP contribution in [0.2, 0.25) is 0 Å². The van der Waals surface area contributed by atoms with E-state index in [-0.39, 0.29) is 28.9 Å². The summed E-state index contributed by atoms with van der Waals surface area (Å²) < 4.78 is 17.0. The minimum atomic E-state index is -0.683. The zero-order valence-electron chi connectivity index (χ0n) is 15.3. The van der Waals surface area contributed by atoms with Gasteiger partial charge in [-0.1, -0.05) is 21.1 Å². The number of oxime groups is 1. The van der Waals surface area contributed by atoms with E-state index in [1.54, 1.807) is 26.0 Å². The summed E-state index contributed by atoms with van der Waals surface area (Å²) in [7, 11) is 0. The Morgan fingerprint density at radius 1 is 1.41 bits per heavy atom. The molecule has 2 heterocycles. The van der Waals surface area contributed by atoms with Crippen LogP contribution in [0, 0.1) is 6.92 Å². The van der Waals surface area contributed by atoms with Crippen LogP contribution in [0.1, 0.15) is 37.3 Å². The van der Waals surface area contributed by atoms with Crippen molar-refractivity contribution in [1.82, 2.24) is 0 Å². The average molecular weight is 440 g/mol. The highest BCUT2D eigenvalue weighted by Gasteiger charge is 2.21. The molecule has 0 radical (unpaired) electrons. The van der Waals surface area contributed by atoms with Gasteiger partial charge in [0.15, 0.2) is 6.29 Å². The second kappa shape index (κ2) is 8.75. The lowest BCUT2D eigenvalue weighted by molar-refractivity contribution is -0.106. The Hall–Kier alpha value is -2.06. The molecule has 2 aromatic rings. The number of rotatable bonds is 6. The van der Waals surface area contributed by atoms with Crippen LogP contribution in [0.3, 0.4) is 0 Å². The number of aromatic hydroxyl groups is 1. The molecule has 1 saturated heterocycles. The quantitative estimate of drug-likeness (QED) is 0.241. The molecule has 8 heteroatoms. The molecule has 3 rings (SSSR count). The standard InChI is InChI=1S/C19H22BrNO6/c1-11-14(26-15-5-3-4-9-24-15)7-6-13-17(22)16(19(23)27-18(11)13)12(2)21-25-10-8-20/h6-7,15,22H,3-5,8-10H2,1-2H3/b21-12+. The van der Waals surface area contributed by atoms with Crippen LogP contribution in [0.25, 0.3) is 11.0 Å². The maximum Gasteiger partial charge on any atom is 0.349 e. The first-order valence-corrected chi connectivity index (χ1v) is 9.95. The molecule has 1 aliphatic heterocycles. The molecule has 1 unspecified atom stereocenters. The number of ether oxygens (including phenoxy) is 2. The molecule has 1 atom stereocenters. The van der Waals surface area contributed by atoms with E-state index in [0.29, 0.717) is 35.2 Å². The predicted molar refractivity (Wildman–Crippen MR) is 105 cm³/mol. The third-order valence-corrected chi connectivity index (χ3v) is 4.70. The highest BCUT2D eigenvalue weighted by atomic mass is 79.9. The van der Waals surface area contributed by atoms with Crippen molar-refractivity contribution in [3.05, 3.63) is 33.7 Å². The molecule has 1 aromatic heterocycles. The zero-order valence-corrected chi connectivity index (χ0v) is 16.9. The van der Waals surface area contributed by atoms with Gasteiger partial charge in [-0.3, -0.25) is 0 Å². The molecule has 0 aliphatic carbocycles. The van der Waals surface area contributed by atoms with E-state index in [2.05, 4.69) is 21.1 Å². The molecule has 0 amide bonds. The summed E-state index contributed by atoms with van der Waals surface area (Å²) in [5.41, 5.74) is 0.464. The lowest BCUT2D eigenvalue weighted by atomic mass is 10.1. The van der Waals surface area contributed by atoms with Crippen molar-refractivity contribution >= 4 is 32.6 Å². The van der Waals surface area contributed by atoms with Gasteiger partial charge >= 0.3 is 5.63 Å². The summed E-state index contributed by atoms with van der Waals surface area (Å²) in [6.07, 6.45) is 2.58. The normalized spacial score (nSPS) is 17.9. The van der Waals surface area contributed by atoms with E-state index in [0.717, 1.165) is 19.3 Å². The molecular weight excluding hydrogens is 418 g/mol. The lowest BCUT2D eigenvalue weighted by Crippen LogP contribution is -2.25. The molecule has 1 fully saturated rings. The first-order chi connectivity index (χ1) is 13.0. The molecule has 1 aliphatic rings.